The third-order valence-corrected chi connectivity index (χ3v) is 2.23. The quantitative estimate of drug-likeness (QED) is 0.810. The molecular formula is C10H12ClFN2O. The SMILES string of the molecule is Cl.O=C(Nc1cccc(F)c1)[C@H]1CCN1. The predicted octanol–water partition coefficient (Wildman–Crippen LogP) is 1.55. The van der Waals surface area contributed by atoms with Gasteiger partial charge in [-0.1, -0.05) is 6.07 Å². The third kappa shape index (κ3) is 2.91. The molecule has 1 aromatic rings. The van der Waals surface area contributed by atoms with E-state index in [1.165, 1.54) is 12.1 Å². The number of amides is 1. The maximum atomic E-state index is 12.7. The average molecular weight is 231 g/mol. The molecule has 15 heavy (non-hydrogen) atoms. The number of nitrogens with one attached hydrogen (secondary N) is 2. The Morgan fingerprint density at radius 3 is 2.80 bits per heavy atom. The molecule has 1 amide bonds. The number of benzene rings is 1. The van der Waals surface area contributed by atoms with E-state index >= 15 is 0 Å². The summed E-state index contributed by atoms with van der Waals surface area (Å²) in [6, 6.07) is 5.77. The monoisotopic (exact) mass is 230 g/mol. The van der Waals surface area contributed by atoms with Crippen molar-refractivity contribution in [3.63, 3.8) is 0 Å². The van der Waals surface area contributed by atoms with E-state index in [2.05, 4.69) is 10.6 Å². The molecule has 1 fully saturated rings. The molecule has 0 aliphatic carbocycles. The summed E-state index contributed by atoms with van der Waals surface area (Å²) >= 11 is 0. The summed E-state index contributed by atoms with van der Waals surface area (Å²) in [4.78, 5) is 11.4. The summed E-state index contributed by atoms with van der Waals surface area (Å²) in [6.45, 7) is 0.876. The van der Waals surface area contributed by atoms with Crippen LogP contribution < -0.4 is 10.6 Å². The summed E-state index contributed by atoms with van der Waals surface area (Å²) in [5, 5.41) is 5.62. The van der Waals surface area contributed by atoms with Crippen molar-refractivity contribution in [3.05, 3.63) is 30.1 Å². The zero-order valence-corrected chi connectivity index (χ0v) is 8.81. The molecule has 0 bridgehead atoms. The maximum absolute atomic E-state index is 12.7. The molecule has 1 saturated heterocycles. The molecule has 1 atom stereocenters. The lowest BCUT2D eigenvalue weighted by molar-refractivity contribution is -0.119. The highest BCUT2D eigenvalue weighted by molar-refractivity contribution is 5.95. The summed E-state index contributed by atoms with van der Waals surface area (Å²) < 4.78 is 12.7. The van der Waals surface area contributed by atoms with E-state index in [9.17, 15) is 9.18 Å². The standard InChI is InChI=1S/C10H11FN2O.ClH/c11-7-2-1-3-8(6-7)13-10(14)9-4-5-12-9;/h1-3,6,9,12H,4-5H2,(H,13,14);1H/t9-;/m1./s1. The first-order chi connectivity index (χ1) is 6.75. The highest BCUT2D eigenvalue weighted by atomic mass is 35.5. The van der Waals surface area contributed by atoms with Gasteiger partial charge in [-0.25, -0.2) is 4.39 Å². The molecule has 1 aromatic carbocycles. The van der Waals surface area contributed by atoms with Crippen LogP contribution >= 0.6 is 12.4 Å². The van der Waals surface area contributed by atoms with E-state index in [0.717, 1.165) is 13.0 Å². The highest BCUT2D eigenvalue weighted by Crippen LogP contribution is 2.11. The molecule has 5 heteroatoms. The van der Waals surface area contributed by atoms with Crippen LogP contribution in [0.4, 0.5) is 10.1 Å². The van der Waals surface area contributed by atoms with E-state index in [1.54, 1.807) is 12.1 Å². The van der Waals surface area contributed by atoms with Crippen molar-refractivity contribution in [3.8, 4) is 0 Å². The number of carbonyl (C=O) groups is 1. The number of anilines is 1. The molecule has 0 saturated carbocycles. The largest absolute Gasteiger partial charge is 0.325 e. The molecule has 1 aliphatic rings. The van der Waals surface area contributed by atoms with Crippen LogP contribution in [0.5, 0.6) is 0 Å². The summed E-state index contributed by atoms with van der Waals surface area (Å²) in [6.07, 6.45) is 0.848. The van der Waals surface area contributed by atoms with Crippen LogP contribution in [0, 0.1) is 5.82 Å². The second-order valence-electron chi connectivity index (χ2n) is 3.29. The zero-order chi connectivity index (χ0) is 9.97. The van der Waals surface area contributed by atoms with Crippen LogP contribution in [0.1, 0.15) is 6.42 Å². The fourth-order valence-corrected chi connectivity index (χ4v) is 1.31. The normalized spacial score (nSPS) is 18.6. The van der Waals surface area contributed by atoms with Gasteiger partial charge >= 0.3 is 0 Å². The molecule has 0 unspecified atom stereocenters. The van der Waals surface area contributed by atoms with Crippen molar-refractivity contribution in [1.29, 1.82) is 0 Å². The Morgan fingerprint density at radius 2 is 2.27 bits per heavy atom. The van der Waals surface area contributed by atoms with Crippen molar-refractivity contribution < 1.29 is 9.18 Å². The summed E-state index contributed by atoms with van der Waals surface area (Å²) in [5.74, 6) is -0.439. The Labute approximate surface area is 93.5 Å². The molecule has 0 aromatic heterocycles. The Kier molecular flexibility index (Phi) is 4.05. The Bertz CT molecular complexity index is 355. The molecule has 0 spiro atoms. The first-order valence-corrected chi connectivity index (χ1v) is 4.55. The van der Waals surface area contributed by atoms with Gasteiger partial charge in [0.05, 0.1) is 6.04 Å². The fraction of sp³-hybridized carbons (Fsp3) is 0.300. The van der Waals surface area contributed by atoms with Gasteiger partial charge in [0.15, 0.2) is 0 Å². The van der Waals surface area contributed by atoms with Gasteiger partial charge in [-0.3, -0.25) is 4.79 Å². The number of halogens is 2. The second kappa shape index (κ2) is 5.09. The van der Waals surface area contributed by atoms with Gasteiger partial charge < -0.3 is 10.6 Å². The van der Waals surface area contributed by atoms with E-state index in [-0.39, 0.29) is 30.2 Å². The van der Waals surface area contributed by atoms with Crippen molar-refractivity contribution in [2.24, 2.45) is 0 Å². The van der Waals surface area contributed by atoms with Crippen LogP contribution in [-0.2, 0) is 4.79 Å². The summed E-state index contributed by atoms with van der Waals surface area (Å²) in [5.41, 5.74) is 0.503. The smallest absolute Gasteiger partial charge is 0.241 e. The van der Waals surface area contributed by atoms with Gasteiger partial charge in [0.2, 0.25) is 5.91 Å². The van der Waals surface area contributed by atoms with Crippen LogP contribution in [0.2, 0.25) is 0 Å². The summed E-state index contributed by atoms with van der Waals surface area (Å²) in [7, 11) is 0. The number of hydrogen-bond donors (Lipinski definition) is 2. The Hall–Kier alpha value is -1.13. The van der Waals surface area contributed by atoms with Gasteiger partial charge in [0.25, 0.3) is 0 Å². The van der Waals surface area contributed by atoms with Gasteiger partial charge in [-0.2, -0.15) is 0 Å². The van der Waals surface area contributed by atoms with Crippen molar-refractivity contribution in [1.82, 2.24) is 5.32 Å². The topological polar surface area (TPSA) is 41.1 Å². The van der Waals surface area contributed by atoms with Crippen molar-refractivity contribution in [2.75, 3.05) is 11.9 Å². The fourth-order valence-electron chi connectivity index (χ4n) is 1.31. The van der Waals surface area contributed by atoms with Crippen molar-refractivity contribution >= 4 is 24.0 Å². The van der Waals surface area contributed by atoms with Crippen LogP contribution in [0.15, 0.2) is 24.3 Å². The molecule has 82 valence electrons. The maximum Gasteiger partial charge on any atom is 0.241 e. The molecule has 0 radical (unpaired) electrons. The highest BCUT2D eigenvalue weighted by Gasteiger charge is 2.24. The second-order valence-corrected chi connectivity index (χ2v) is 3.29. The zero-order valence-electron chi connectivity index (χ0n) is 8.00. The molecular weight excluding hydrogens is 219 g/mol. The van der Waals surface area contributed by atoms with Crippen LogP contribution in [0.25, 0.3) is 0 Å². The van der Waals surface area contributed by atoms with Gasteiger partial charge in [-0.05, 0) is 31.2 Å². The minimum absolute atomic E-state index is 0. The van der Waals surface area contributed by atoms with Crippen molar-refractivity contribution in [2.45, 2.75) is 12.5 Å². The Morgan fingerprint density at radius 1 is 1.53 bits per heavy atom. The molecule has 2 rings (SSSR count). The molecule has 3 nitrogen and oxygen atoms in total. The van der Waals surface area contributed by atoms with Gasteiger partial charge in [0, 0.05) is 5.69 Å². The molecule has 1 aliphatic heterocycles. The minimum Gasteiger partial charge on any atom is -0.325 e. The first kappa shape index (κ1) is 11.9. The number of hydrogen-bond acceptors (Lipinski definition) is 2. The first-order valence-electron chi connectivity index (χ1n) is 4.55. The van der Waals surface area contributed by atoms with Gasteiger partial charge in [0.1, 0.15) is 5.82 Å². The predicted molar refractivity (Wildman–Crippen MR) is 58.7 cm³/mol. The lowest BCUT2D eigenvalue weighted by Gasteiger charge is -2.26. The number of rotatable bonds is 2. The van der Waals surface area contributed by atoms with Crippen LogP contribution in [0.3, 0.4) is 0 Å². The van der Waals surface area contributed by atoms with Crippen LogP contribution in [-0.4, -0.2) is 18.5 Å². The number of carbonyl (C=O) groups excluding carboxylic acids is 1. The molecule has 1 heterocycles. The van der Waals surface area contributed by atoms with E-state index < -0.39 is 0 Å². The lowest BCUT2D eigenvalue weighted by atomic mass is 10.1. The third-order valence-electron chi connectivity index (χ3n) is 2.23. The van der Waals surface area contributed by atoms with Gasteiger partial charge in [-0.15, -0.1) is 12.4 Å². The van der Waals surface area contributed by atoms with E-state index in [1.807, 2.05) is 0 Å². The minimum atomic E-state index is -0.343. The lowest BCUT2D eigenvalue weighted by Crippen LogP contribution is -2.50. The average Bonchev–Trinajstić information content (AvgIpc) is 1.99. The van der Waals surface area contributed by atoms with E-state index in [4.69, 9.17) is 0 Å². The Balaban J connectivity index is 0.00000112. The van der Waals surface area contributed by atoms with E-state index in [0.29, 0.717) is 5.69 Å². The molecule has 2 N–H and O–H groups in total.